The second kappa shape index (κ2) is 9.92. The average molecular weight is 472 g/mol. The first-order valence-corrected chi connectivity index (χ1v) is 10.9. The van der Waals surface area contributed by atoms with Gasteiger partial charge in [-0.05, 0) is 37.1 Å². The smallest absolute Gasteiger partial charge is 0.187 e. The number of aliphatic hydroxyl groups is 1. The minimum Gasteiger partial charge on any atom is -0.495 e. The second-order valence-corrected chi connectivity index (χ2v) is 7.83. The highest BCUT2D eigenvalue weighted by atomic mass is 32.2. The van der Waals surface area contributed by atoms with Crippen LogP contribution in [0, 0.1) is 6.92 Å². The number of aromatic nitrogens is 3. The molecule has 0 fully saturated rings. The number of aryl methyl sites for hydroxylation is 1. The van der Waals surface area contributed by atoms with Crippen molar-refractivity contribution in [2.45, 2.75) is 18.4 Å². The predicted molar refractivity (Wildman–Crippen MR) is 127 cm³/mol. The summed E-state index contributed by atoms with van der Waals surface area (Å²) in [5.41, 5.74) is 2.09. The number of nitrogens with zero attached hydrogens (tertiary/aromatic N) is 3. The number of anilines is 3. The lowest BCUT2D eigenvalue weighted by Gasteiger charge is -2.13. The van der Waals surface area contributed by atoms with E-state index in [0.29, 0.717) is 40.9 Å². The first-order chi connectivity index (χ1) is 16.1. The SMILES string of the molecule is COc1cc2c(NSc3c(OC)cccc3OC)noc2cc1Nc1cc(C)nn1CCO. The van der Waals surface area contributed by atoms with Gasteiger partial charge in [0.25, 0.3) is 0 Å². The average Bonchev–Trinajstić information content (AvgIpc) is 3.38. The lowest BCUT2D eigenvalue weighted by Crippen LogP contribution is -2.08. The monoisotopic (exact) mass is 471 g/mol. The summed E-state index contributed by atoms with van der Waals surface area (Å²) in [5.74, 6) is 3.23. The van der Waals surface area contributed by atoms with E-state index in [-0.39, 0.29) is 6.61 Å². The molecular formula is C22H25N5O5S. The van der Waals surface area contributed by atoms with E-state index in [4.69, 9.17) is 18.7 Å². The van der Waals surface area contributed by atoms with Crippen molar-refractivity contribution in [3.8, 4) is 17.2 Å². The fraction of sp³-hybridized carbons (Fsp3) is 0.273. The van der Waals surface area contributed by atoms with Crippen LogP contribution in [0.25, 0.3) is 11.0 Å². The van der Waals surface area contributed by atoms with Gasteiger partial charge in [0, 0.05) is 12.1 Å². The van der Waals surface area contributed by atoms with Crippen molar-refractivity contribution in [3.63, 3.8) is 0 Å². The molecule has 0 amide bonds. The van der Waals surface area contributed by atoms with Crippen molar-refractivity contribution in [1.29, 1.82) is 0 Å². The summed E-state index contributed by atoms with van der Waals surface area (Å²) in [6.07, 6.45) is 0. The Morgan fingerprint density at radius 1 is 1.06 bits per heavy atom. The maximum atomic E-state index is 9.30. The first kappa shape index (κ1) is 22.6. The van der Waals surface area contributed by atoms with Gasteiger partial charge in [0.2, 0.25) is 0 Å². The molecule has 3 N–H and O–H groups in total. The lowest BCUT2D eigenvalue weighted by atomic mass is 10.2. The molecule has 0 aliphatic rings. The van der Waals surface area contributed by atoms with Gasteiger partial charge in [0.05, 0.1) is 51.2 Å². The van der Waals surface area contributed by atoms with Gasteiger partial charge in [-0.15, -0.1) is 0 Å². The summed E-state index contributed by atoms with van der Waals surface area (Å²) in [5, 5.41) is 21.9. The number of ether oxygens (including phenoxy) is 3. The van der Waals surface area contributed by atoms with Crippen LogP contribution in [0.5, 0.6) is 17.2 Å². The standard InChI is InChI=1S/C22H25N5O5S/c1-13-10-20(27(24-13)8-9-28)23-15-12-18-14(11-19(15)31-4)22(25-32-18)26-33-21-16(29-2)6-5-7-17(21)30-3/h5-7,10-12,23,28H,8-9H2,1-4H3,(H,25,26). The van der Waals surface area contributed by atoms with Gasteiger partial charge in [0.1, 0.15) is 28.0 Å². The van der Waals surface area contributed by atoms with Gasteiger partial charge < -0.3 is 33.9 Å². The third-order valence-corrected chi connectivity index (χ3v) is 5.80. The molecule has 2 aromatic carbocycles. The Bertz CT molecular complexity index is 1230. The number of hydrogen-bond donors (Lipinski definition) is 3. The quantitative estimate of drug-likeness (QED) is 0.290. The molecule has 0 spiro atoms. The molecule has 0 aliphatic carbocycles. The Balaban J connectivity index is 1.62. The molecule has 2 aromatic heterocycles. The normalized spacial score (nSPS) is 10.9. The first-order valence-electron chi connectivity index (χ1n) is 10.1. The van der Waals surface area contributed by atoms with E-state index in [1.165, 1.54) is 11.9 Å². The molecule has 4 rings (SSSR count). The minimum atomic E-state index is -0.0161. The van der Waals surface area contributed by atoms with Crippen LogP contribution in [0.15, 0.2) is 45.8 Å². The van der Waals surface area contributed by atoms with E-state index in [9.17, 15) is 5.11 Å². The van der Waals surface area contributed by atoms with E-state index in [1.807, 2.05) is 43.3 Å². The summed E-state index contributed by atoms with van der Waals surface area (Å²) in [6.45, 7) is 2.25. The van der Waals surface area contributed by atoms with Gasteiger partial charge in [-0.2, -0.15) is 5.10 Å². The zero-order valence-electron chi connectivity index (χ0n) is 18.7. The van der Waals surface area contributed by atoms with Gasteiger partial charge in [0.15, 0.2) is 11.4 Å². The maximum absolute atomic E-state index is 9.30. The van der Waals surface area contributed by atoms with E-state index < -0.39 is 0 Å². The number of rotatable bonds is 10. The van der Waals surface area contributed by atoms with Crippen LogP contribution in [-0.2, 0) is 6.54 Å². The van der Waals surface area contributed by atoms with Crippen LogP contribution >= 0.6 is 11.9 Å². The zero-order valence-corrected chi connectivity index (χ0v) is 19.5. The summed E-state index contributed by atoms with van der Waals surface area (Å²) in [7, 11) is 4.81. The topological polar surface area (TPSA) is 116 Å². The molecule has 0 atom stereocenters. The number of aliphatic hydroxyl groups excluding tert-OH is 1. The van der Waals surface area contributed by atoms with Crippen molar-refractivity contribution in [1.82, 2.24) is 14.9 Å². The van der Waals surface area contributed by atoms with Crippen LogP contribution in [0.4, 0.5) is 17.3 Å². The van der Waals surface area contributed by atoms with Crippen LogP contribution in [0.3, 0.4) is 0 Å². The molecule has 0 unspecified atom stereocenters. The van der Waals surface area contributed by atoms with Crippen LogP contribution in [0.1, 0.15) is 5.69 Å². The Morgan fingerprint density at radius 3 is 2.45 bits per heavy atom. The highest BCUT2D eigenvalue weighted by Gasteiger charge is 2.17. The Kier molecular flexibility index (Phi) is 6.80. The Morgan fingerprint density at radius 2 is 1.79 bits per heavy atom. The van der Waals surface area contributed by atoms with Gasteiger partial charge in [-0.1, -0.05) is 11.2 Å². The van der Waals surface area contributed by atoms with E-state index in [2.05, 4.69) is 20.3 Å². The molecule has 33 heavy (non-hydrogen) atoms. The van der Waals surface area contributed by atoms with E-state index in [0.717, 1.165) is 21.8 Å². The number of benzene rings is 2. The third kappa shape index (κ3) is 4.64. The highest BCUT2D eigenvalue weighted by molar-refractivity contribution is 8.00. The van der Waals surface area contributed by atoms with E-state index >= 15 is 0 Å². The summed E-state index contributed by atoms with van der Waals surface area (Å²) >= 11 is 1.31. The molecular weight excluding hydrogens is 446 g/mol. The minimum absolute atomic E-state index is 0.0161. The summed E-state index contributed by atoms with van der Waals surface area (Å²) in [6, 6.07) is 11.1. The third-order valence-electron chi connectivity index (χ3n) is 4.90. The van der Waals surface area contributed by atoms with Gasteiger partial charge in [-0.3, -0.25) is 0 Å². The zero-order chi connectivity index (χ0) is 23.4. The largest absolute Gasteiger partial charge is 0.495 e. The summed E-state index contributed by atoms with van der Waals surface area (Å²) < 4.78 is 27.0. The molecule has 0 bridgehead atoms. The van der Waals surface area contributed by atoms with Crippen molar-refractivity contribution < 1.29 is 23.8 Å². The number of hydrogen-bond acceptors (Lipinski definition) is 10. The number of methoxy groups -OCH3 is 3. The Labute approximate surface area is 194 Å². The molecule has 4 aromatic rings. The fourth-order valence-corrected chi connectivity index (χ4v) is 4.22. The van der Waals surface area contributed by atoms with Crippen LogP contribution in [0.2, 0.25) is 0 Å². The Hall–Kier alpha value is -3.57. The molecule has 2 heterocycles. The molecule has 0 saturated heterocycles. The maximum Gasteiger partial charge on any atom is 0.187 e. The van der Waals surface area contributed by atoms with Crippen molar-refractivity contribution in [3.05, 3.63) is 42.1 Å². The number of fused-ring (bicyclic) bond motifs is 1. The van der Waals surface area contributed by atoms with Gasteiger partial charge in [-0.25, -0.2) is 4.68 Å². The fourth-order valence-electron chi connectivity index (χ4n) is 3.37. The van der Waals surface area contributed by atoms with Gasteiger partial charge >= 0.3 is 0 Å². The van der Waals surface area contributed by atoms with Crippen LogP contribution < -0.4 is 24.2 Å². The number of nitrogens with one attached hydrogen (secondary N) is 2. The second-order valence-electron chi connectivity index (χ2n) is 7.02. The molecule has 10 nitrogen and oxygen atoms in total. The van der Waals surface area contributed by atoms with E-state index in [1.54, 1.807) is 26.0 Å². The molecule has 0 saturated carbocycles. The molecule has 11 heteroatoms. The van der Waals surface area contributed by atoms with Crippen molar-refractivity contribution >= 4 is 40.2 Å². The van der Waals surface area contributed by atoms with Crippen LogP contribution in [-0.4, -0.2) is 48.0 Å². The highest BCUT2D eigenvalue weighted by Crippen LogP contribution is 2.40. The lowest BCUT2D eigenvalue weighted by molar-refractivity contribution is 0.270. The summed E-state index contributed by atoms with van der Waals surface area (Å²) in [4.78, 5) is 0.788. The predicted octanol–water partition coefficient (Wildman–Crippen LogP) is 4.21. The van der Waals surface area contributed by atoms with Crippen molar-refractivity contribution in [2.75, 3.05) is 38.0 Å². The molecule has 174 valence electrons. The molecule has 0 aliphatic heterocycles. The molecule has 0 radical (unpaired) electrons. The van der Waals surface area contributed by atoms with Crippen molar-refractivity contribution in [2.24, 2.45) is 0 Å².